The normalized spacial score (nSPS) is 15.7. The van der Waals surface area contributed by atoms with Crippen molar-refractivity contribution in [1.29, 1.82) is 0 Å². The zero-order chi connectivity index (χ0) is 82.4. The molecule has 0 bridgehead atoms. The van der Waals surface area contributed by atoms with Crippen LogP contribution >= 0.6 is 15.6 Å². The Morgan fingerprint density at radius 1 is 0.309 bits per heavy atom. The fraction of sp³-hybridized carbons (Fsp3) is 0.333. The molecular formula is C96H104F12P2. The van der Waals surface area contributed by atoms with Gasteiger partial charge < -0.3 is 0 Å². The van der Waals surface area contributed by atoms with Crippen LogP contribution in [0.25, 0.3) is 55.7 Å². The molecule has 0 saturated carbocycles. The summed E-state index contributed by atoms with van der Waals surface area (Å²) in [6.45, 7) is 55.9. The quantitative estimate of drug-likeness (QED) is 0.0713. The van der Waals surface area contributed by atoms with Gasteiger partial charge in [-0.2, -0.15) is 0 Å². The van der Waals surface area contributed by atoms with Crippen molar-refractivity contribution < 1.29 is 50.4 Å². The van der Waals surface area contributed by atoms with E-state index in [1.165, 1.54) is 134 Å². The second kappa shape index (κ2) is 27.6. The first-order valence-electron chi connectivity index (χ1n) is 37.1. The van der Waals surface area contributed by atoms with E-state index in [0.29, 0.717) is 0 Å². The molecule has 0 radical (unpaired) electrons. The van der Waals surface area contributed by atoms with Gasteiger partial charge in [0.25, 0.3) is 0 Å². The second-order valence-corrected chi connectivity index (χ2v) is 41.4. The van der Waals surface area contributed by atoms with E-state index >= 15 is 0 Å². The number of hydrogen-bond donors (Lipinski definition) is 0. The maximum absolute atomic E-state index is 10.7. The fourth-order valence-electron chi connectivity index (χ4n) is 14.0. The molecule has 0 heterocycles. The molecule has 8 aliphatic rings. The first kappa shape index (κ1) is 85.3. The van der Waals surface area contributed by atoms with Crippen molar-refractivity contribution in [2.75, 3.05) is 0 Å². The molecule has 0 aliphatic heterocycles. The van der Waals surface area contributed by atoms with Crippen LogP contribution in [0.2, 0.25) is 0 Å². The van der Waals surface area contributed by atoms with E-state index in [4.69, 9.17) is 0 Å². The van der Waals surface area contributed by atoms with E-state index in [-0.39, 0.29) is 43.3 Å². The van der Waals surface area contributed by atoms with E-state index in [1.807, 2.05) is 0 Å². The predicted octanol–water partition coefficient (Wildman–Crippen LogP) is 32.5. The molecule has 0 nitrogen and oxygen atoms in total. The molecule has 0 amide bonds. The van der Waals surface area contributed by atoms with Crippen molar-refractivity contribution in [3.8, 4) is 57.1 Å². The summed E-state index contributed by atoms with van der Waals surface area (Å²) in [6, 6.07) is 62.8. The van der Waals surface area contributed by atoms with Crippen LogP contribution in [0.15, 0.2) is 200 Å². The summed E-state index contributed by atoms with van der Waals surface area (Å²) in [4.78, 5) is 0. The van der Waals surface area contributed by atoms with Crippen LogP contribution in [0.3, 0.4) is 0 Å². The number of benzene rings is 2. The monoisotopic (exact) mass is 1550 g/mol. The van der Waals surface area contributed by atoms with Crippen LogP contribution in [0.4, 0.5) is 50.4 Å². The third-order valence-corrected chi connectivity index (χ3v) is 19.8. The van der Waals surface area contributed by atoms with Crippen LogP contribution in [-0.2, 0) is 37.9 Å². The minimum atomic E-state index is -10.7. The Bertz CT molecular complexity index is 5080. The molecule has 0 unspecified atom stereocenters. The molecule has 3 aromatic rings. The first-order chi connectivity index (χ1) is 49.5. The fourth-order valence-corrected chi connectivity index (χ4v) is 14.0. The van der Waals surface area contributed by atoms with Gasteiger partial charge in [-0.1, -0.05) is 242 Å². The van der Waals surface area contributed by atoms with Gasteiger partial charge in [-0.15, -0.1) is 0 Å². The van der Waals surface area contributed by atoms with Gasteiger partial charge in [-0.3, -0.25) is 0 Å². The molecule has 0 spiro atoms. The second-order valence-electron chi connectivity index (χ2n) is 37.6. The predicted molar refractivity (Wildman–Crippen MR) is 445 cm³/mol. The van der Waals surface area contributed by atoms with Gasteiger partial charge in [0.2, 0.25) is 0 Å². The molecule has 0 atom stereocenters. The molecule has 0 N–H and O–H groups in total. The summed E-state index contributed by atoms with van der Waals surface area (Å²) < 4.78 is 118. The van der Waals surface area contributed by atoms with Gasteiger partial charge >= 0.3 is 66.0 Å². The Labute approximate surface area is 646 Å². The Balaban J connectivity index is 0.000000907. The molecule has 582 valence electrons. The van der Waals surface area contributed by atoms with Crippen LogP contribution in [0.1, 0.15) is 255 Å². The number of halogens is 12. The van der Waals surface area contributed by atoms with Crippen LogP contribution in [0, 0.1) is 35.0 Å². The van der Waals surface area contributed by atoms with E-state index in [1.54, 1.807) is 0 Å². The number of fused-ring (bicyclic) bond motifs is 4. The maximum atomic E-state index is 9.87. The molecular weight excluding hydrogens is 1440 g/mol. The summed E-state index contributed by atoms with van der Waals surface area (Å²) in [5, 5.41) is 0. The molecule has 0 fully saturated rings. The average Bonchev–Trinajstić information content (AvgIpc) is 1.58. The molecule has 110 heavy (non-hydrogen) atoms. The van der Waals surface area contributed by atoms with E-state index < -0.39 is 15.6 Å². The average molecular weight is 1550 g/mol. The zero-order valence-electron chi connectivity index (χ0n) is 67.9. The molecule has 3 aromatic carbocycles. The van der Waals surface area contributed by atoms with Gasteiger partial charge in [0.1, 0.15) is 5.92 Å². The number of rotatable bonds is 4. The first-order valence-corrected chi connectivity index (χ1v) is 41.1. The van der Waals surface area contributed by atoms with Gasteiger partial charge in [-0.05, 0) is 220 Å². The van der Waals surface area contributed by atoms with Crippen LogP contribution < -0.4 is 0 Å². The Morgan fingerprint density at radius 2 is 0.609 bits per heavy atom. The van der Waals surface area contributed by atoms with Crippen LogP contribution in [-0.4, -0.2) is 0 Å². The summed E-state index contributed by atoms with van der Waals surface area (Å²) >= 11 is 0. The zero-order valence-corrected chi connectivity index (χ0v) is 69.7. The minimum absolute atomic E-state index is 0.00534. The van der Waals surface area contributed by atoms with Crippen molar-refractivity contribution >= 4 is 37.9 Å². The summed E-state index contributed by atoms with van der Waals surface area (Å²) in [6.07, 6.45) is 11.5. The van der Waals surface area contributed by atoms with E-state index in [9.17, 15) is 50.4 Å². The van der Waals surface area contributed by atoms with Gasteiger partial charge in [-0.25, -0.2) is 0 Å². The molecule has 14 heteroatoms. The molecule has 0 saturated heterocycles. The van der Waals surface area contributed by atoms with Gasteiger partial charge in [0, 0.05) is 70.0 Å². The summed E-state index contributed by atoms with van der Waals surface area (Å²) in [5.74, 6) is 15.0. The topological polar surface area (TPSA) is 0 Å². The number of hydrogen-bond acceptors (Lipinski definition) is 0. The van der Waals surface area contributed by atoms with Gasteiger partial charge in [0.05, 0.1) is 45.9 Å². The third-order valence-electron chi connectivity index (χ3n) is 19.8. The molecule has 11 rings (SSSR count). The summed E-state index contributed by atoms with van der Waals surface area (Å²) in [7, 11) is -21.3. The Kier molecular flexibility index (Phi) is 21.4. The Morgan fingerprint density at radius 3 is 0.918 bits per heavy atom. The Hall–Kier alpha value is -8.66. The molecule has 0 aromatic heterocycles. The van der Waals surface area contributed by atoms with Gasteiger partial charge in [0.15, 0.2) is 0 Å². The van der Waals surface area contributed by atoms with Crippen molar-refractivity contribution in [2.45, 2.75) is 204 Å². The van der Waals surface area contributed by atoms with Crippen molar-refractivity contribution in [2.24, 2.45) is 5.41 Å². The van der Waals surface area contributed by atoms with Crippen LogP contribution in [0.5, 0.6) is 0 Å². The SMILES string of the molecule is CC(C)(C)C1=C/C(=C(\c2ccc(C#Cc3ccc(C#C[C+]4C=CC(=C(c5cc(C(C)(C)C)c6ccc(C(C)(C)C)ccc5-6)c5cc(C(C)(C)C)c6ccc(C(C)(C)C)ccc5-6)C=C4)cc3)cc2)c2cc(C(C)(C)C)c3ccc(C(C)(C)C)ccc2-3)c2cc[c+](C(C)(C)C)ccc21.F[P-](F)(F)(F)(F)F.F[P-](F)(F)(F)(F)F. The van der Waals surface area contributed by atoms with Crippen molar-refractivity contribution in [1.82, 2.24) is 0 Å². The number of allylic oxidation sites excluding steroid dienone is 8. The summed E-state index contributed by atoms with van der Waals surface area (Å²) in [5.41, 5.74) is 33.4. The van der Waals surface area contributed by atoms with Crippen molar-refractivity contribution in [3.05, 3.63) is 295 Å². The van der Waals surface area contributed by atoms with E-state index in [2.05, 4.69) is 384 Å². The van der Waals surface area contributed by atoms with E-state index in [0.717, 1.165) is 22.6 Å². The third kappa shape index (κ3) is 22.3. The standard InChI is InChI=1S/C96H104.2F6P/c1-89(2,3)67-41-49-71-75(53-45-67)83(93(13,14)15)57-79(71)87(80-58-84(94(16,17)18)76-54-46-68(90(4,5)6)42-50-72(76)80)65-37-33-63(34-38-65)31-29-61-25-27-62(28-26-61)30-32-64-35-39-66(40-36-64)88(81-59-85(95(19,20)21)77-55-47-69(91(7,8)9)43-51-73(77)81)82-60-86(96(22,23)24)78-56-48-70(92(10,11)12)44-52-74(78)82;2*1-7(2,3,4,5)6/h25-28,33-60H,1-24H3;;/q+2;2*-1/b87-79-;;. The molecule has 8 aliphatic carbocycles. The van der Waals surface area contributed by atoms with Crippen molar-refractivity contribution in [3.63, 3.8) is 0 Å².